The van der Waals surface area contributed by atoms with Gasteiger partial charge in [-0.3, -0.25) is 0 Å². The molecule has 1 saturated carbocycles. The molecular formula is C13H23N3. The third kappa shape index (κ3) is 2.77. The van der Waals surface area contributed by atoms with Gasteiger partial charge in [0.15, 0.2) is 0 Å². The molecule has 1 aromatic rings. The van der Waals surface area contributed by atoms with E-state index < -0.39 is 0 Å². The monoisotopic (exact) mass is 221 g/mol. The zero-order valence-corrected chi connectivity index (χ0v) is 10.6. The van der Waals surface area contributed by atoms with E-state index in [9.17, 15) is 0 Å². The topological polar surface area (TPSA) is 29.9 Å². The number of nitrogens with zero attached hydrogens (tertiary/aromatic N) is 2. The van der Waals surface area contributed by atoms with Crippen LogP contribution in [-0.2, 0) is 0 Å². The average Bonchev–Trinajstić information content (AvgIpc) is 2.94. The Bertz CT molecular complexity index is 328. The van der Waals surface area contributed by atoms with Gasteiger partial charge in [0.1, 0.15) is 0 Å². The van der Waals surface area contributed by atoms with Crippen LogP contribution in [0.15, 0.2) is 12.4 Å². The maximum Gasteiger partial charge on any atom is 0.203 e. The first kappa shape index (κ1) is 11.5. The minimum atomic E-state index is 0.540. The molecule has 0 spiro atoms. The molecule has 2 rings (SSSR count). The molecule has 1 fully saturated rings. The Morgan fingerprint density at radius 2 is 2.25 bits per heavy atom. The van der Waals surface area contributed by atoms with E-state index in [0.29, 0.717) is 12.1 Å². The molecule has 1 aliphatic rings. The summed E-state index contributed by atoms with van der Waals surface area (Å²) < 4.78 is 2.28. The lowest BCUT2D eigenvalue weighted by Crippen LogP contribution is -2.14. The van der Waals surface area contributed by atoms with Crippen LogP contribution >= 0.6 is 0 Å². The van der Waals surface area contributed by atoms with Crippen molar-refractivity contribution in [3.05, 3.63) is 12.4 Å². The van der Waals surface area contributed by atoms with Crippen molar-refractivity contribution in [2.24, 2.45) is 5.92 Å². The van der Waals surface area contributed by atoms with Gasteiger partial charge in [-0.25, -0.2) is 4.98 Å². The van der Waals surface area contributed by atoms with Crippen molar-refractivity contribution in [1.82, 2.24) is 9.55 Å². The fourth-order valence-electron chi connectivity index (χ4n) is 2.05. The molecule has 90 valence electrons. The summed E-state index contributed by atoms with van der Waals surface area (Å²) >= 11 is 0. The second kappa shape index (κ2) is 4.89. The molecule has 2 atom stereocenters. The number of hydrogen-bond acceptors (Lipinski definition) is 2. The Labute approximate surface area is 98.3 Å². The van der Waals surface area contributed by atoms with Gasteiger partial charge in [-0.05, 0) is 32.1 Å². The van der Waals surface area contributed by atoms with Crippen molar-refractivity contribution in [3.8, 4) is 0 Å². The number of rotatable bonds is 6. The number of aromatic nitrogens is 2. The van der Waals surface area contributed by atoms with Crippen molar-refractivity contribution >= 4 is 5.95 Å². The van der Waals surface area contributed by atoms with E-state index in [1.54, 1.807) is 0 Å². The van der Waals surface area contributed by atoms with Gasteiger partial charge < -0.3 is 9.88 Å². The molecule has 3 nitrogen and oxygen atoms in total. The summed E-state index contributed by atoms with van der Waals surface area (Å²) in [7, 11) is 0. The molecule has 0 saturated heterocycles. The molecule has 0 aliphatic heterocycles. The summed E-state index contributed by atoms with van der Waals surface area (Å²) in [6.07, 6.45) is 9.07. The maximum atomic E-state index is 4.40. The quantitative estimate of drug-likeness (QED) is 0.797. The van der Waals surface area contributed by atoms with Crippen LogP contribution in [0, 0.1) is 5.92 Å². The number of anilines is 1. The summed E-state index contributed by atoms with van der Waals surface area (Å²) in [5.41, 5.74) is 0. The van der Waals surface area contributed by atoms with Crippen LogP contribution in [0.5, 0.6) is 0 Å². The second-order valence-corrected chi connectivity index (χ2v) is 5.17. The zero-order chi connectivity index (χ0) is 11.5. The summed E-state index contributed by atoms with van der Waals surface area (Å²) in [6, 6.07) is 1.22. The molecule has 1 heterocycles. The normalized spacial score (nSPS) is 19.4. The Kier molecular flexibility index (Phi) is 3.52. The highest BCUT2D eigenvalue weighted by Crippen LogP contribution is 2.27. The van der Waals surface area contributed by atoms with Crippen molar-refractivity contribution in [3.63, 3.8) is 0 Å². The molecule has 1 aromatic heterocycles. The molecule has 0 bridgehead atoms. The highest BCUT2D eigenvalue weighted by atomic mass is 15.2. The van der Waals surface area contributed by atoms with Crippen LogP contribution < -0.4 is 5.32 Å². The van der Waals surface area contributed by atoms with E-state index >= 15 is 0 Å². The summed E-state index contributed by atoms with van der Waals surface area (Å²) in [5.74, 6) is 1.84. The molecule has 0 radical (unpaired) electrons. The summed E-state index contributed by atoms with van der Waals surface area (Å²) in [6.45, 7) is 6.86. The first-order valence-electron chi connectivity index (χ1n) is 6.50. The summed E-state index contributed by atoms with van der Waals surface area (Å²) in [5, 5.41) is 3.49. The largest absolute Gasteiger partial charge is 0.353 e. The lowest BCUT2D eigenvalue weighted by atomic mass is 10.0. The zero-order valence-electron chi connectivity index (χ0n) is 10.6. The Hall–Kier alpha value is -0.990. The summed E-state index contributed by atoms with van der Waals surface area (Å²) in [4.78, 5) is 4.40. The fourth-order valence-corrected chi connectivity index (χ4v) is 2.05. The highest BCUT2D eigenvalue weighted by molar-refractivity contribution is 5.30. The van der Waals surface area contributed by atoms with E-state index in [0.717, 1.165) is 11.9 Å². The van der Waals surface area contributed by atoms with Gasteiger partial charge in [-0.2, -0.15) is 0 Å². The van der Waals surface area contributed by atoms with E-state index in [1.807, 2.05) is 6.20 Å². The molecule has 0 amide bonds. The fraction of sp³-hybridized carbons (Fsp3) is 0.769. The van der Waals surface area contributed by atoms with E-state index in [-0.39, 0.29) is 0 Å². The van der Waals surface area contributed by atoms with E-state index in [1.165, 1.54) is 25.7 Å². The molecule has 1 N–H and O–H groups in total. The van der Waals surface area contributed by atoms with Crippen LogP contribution in [0.2, 0.25) is 0 Å². The van der Waals surface area contributed by atoms with Gasteiger partial charge >= 0.3 is 0 Å². The van der Waals surface area contributed by atoms with Crippen molar-refractivity contribution in [2.75, 3.05) is 5.32 Å². The molecular weight excluding hydrogens is 198 g/mol. The Balaban J connectivity index is 1.97. The van der Waals surface area contributed by atoms with Crippen molar-refractivity contribution in [1.29, 1.82) is 0 Å². The van der Waals surface area contributed by atoms with Gasteiger partial charge in [-0.1, -0.05) is 20.3 Å². The molecule has 0 aromatic carbocycles. The predicted molar refractivity (Wildman–Crippen MR) is 67.7 cm³/mol. The van der Waals surface area contributed by atoms with Crippen LogP contribution in [0.1, 0.15) is 52.5 Å². The highest BCUT2D eigenvalue weighted by Gasteiger charge is 2.23. The Morgan fingerprint density at radius 1 is 1.50 bits per heavy atom. The lowest BCUT2D eigenvalue weighted by molar-refractivity contribution is 0.400. The smallest absolute Gasteiger partial charge is 0.203 e. The van der Waals surface area contributed by atoms with Crippen molar-refractivity contribution < 1.29 is 0 Å². The van der Waals surface area contributed by atoms with Crippen LogP contribution in [-0.4, -0.2) is 15.6 Å². The number of hydrogen-bond donors (Lipinski definition) is 1. The first-order valence-corrected chi connectivity index (χ1v) is 6.50. The minimum Gasteiger partial charge on any atom is -0.353 e. The lowest BCUT2D eigenvalue weighted by Gasteiger charge is -2.19. The van der Waals surface area contributed by atoms with Crippen LogP contribution in [0.4, 0.5) is 5.95 Å². The van der Waals surface area contributed by atoms with Crippen molar-refractivity contribution in [2.45, 2.75) is 58.5 Å². The third-order valence-electron chi connectivity index (χ3n) is 3.49. The third-order valence-corrected chi connectivity index (χ3v) is 3.49. The number of nitrogens with one attached hydrogen (secondary N) is 1. The predicted octanol–water partition coefficient (Wildman–Crippen LogP) is 3.45. The van der Waals surface area contributed by atoms with Gasteiger partial charge in [0.2, 0.25) is 5.95 Å². The number of imidazole rings is 1. The second-order valence-electron chi connectivity index (χ2n) is 5.17. The van der Waals surface area contributed by atoms with Gasteiger partial charge in [0.05, 0.1) is 0 Å². The van der Waals surface area contributed by atoms with Gasteiger partial charge in [0, 0.05) is 24.5 Å². The van der Waals surface area contributed by atoms with Crippen LogP contribution in [0.25, 0.3) is 0 Å². The SMILES string of the molecule is CCC(C)CC(C)n1ccnc1NC1CC1. The Morgan fingerprint density at radius 3 is 2.88 bits per heavy atom. The molecule has 3 heteroatoms. The molecule has 2 unspecified atom stereocenters. The van der Waals surface area contributed by atoms with Gasteiger partial charge in [-0.15, -0.1) is 0 Å². The standard InChI is InChI=1S/C13H23N3/c1-4-10(2)9-11(3)16-8-7-14-13(16)15-12-5-6-12/h7-8,10-12H,4-6,9H2,1-3H3,(H,14,15). The minimum absolute atomic E-state index is 0.540. The van der Waals surface area contributed by atoms with E-state index in [2.05, 4.69) is 41.8 Å². The molecule has 1 aliphatic carbocycles. The molecule has 16 heavy (non-hydrogen) atoms. The first-order chi connectivity index (χ1) is 7.70. The van der Waals surface area contributed by atoms with E-state index in [4.69, 9.17) is 0 Å². The maximum absolute atomic E-state index is 4.40. The van der Waals surface area contributed by atoms with Crippen LogP contribution in [0.3, 0.4) is 0 Å². The average molecular weight is 221 g/mol. The van der Waals surface area contributed by atoms with Gasteiger partial charge in [0.25, 0.3) is 0 Å².